The molecule has 0 saturated carbocycles. The number of halogens is 6. The van der Waals surface area contributed by atoms with E-state index >= 15 is 0 Å². The number of anilines is 1. The minimum absolute atomic E-state index is 0.0787. The Balaban J connectivity index is 1.64. The Morgan fingerprint density at radius 3 is 2.27 bits per heavy atom. The number of rotatable bonds is 8. The highest BCUT2D eigenvalue weighted by molar-refractivity contribution is 7.99. The van der Waals surface area contributed by atoms with Gasteiger partial charge in [-0.15, -0.1) is 0 Å². The number of hydrogen-bond acceptors (Lipinski definition) is 8. The van der Waals surface area contributed by atoms with Gasteiger partial charge >= 0.3 is 12.4 Å². The Bertz CT molecular complexity index is 1560. The Morgan fingerprint density at radius 1 is 0.976 bits per heavy atom. The third kappa shape index (κ3) is 6.15. The van der Waals surface area contributed by atoms with Crippen molar-refractivity contribution in [3.8, 4) is 22.6 Å². The summed E-state index contributed by atoms with van der Waals surface area (Å²) in [7, 11) is 0. The maximum Gasteiger partial charge on any atom is 0.416 e. The van der Waals surface area contributed by atoms with E-state index in [2.05, 4.69) is 20.3 Å². The van der Waals surface area contributed by atoms with Crippen molar-refractivity contribution < 1.29 is 35.8 Å². The van der Waals surface area contributed by atoms with Crippen molar-refractivity contribution in [1.82, 2.24) is 24.8 Å². The Labute approximate surface area is 234 Å². The quantitative estimate of drug-likeness (QED) is 0.178. The molecule has 0 radical (unpaired) electrons. The number of nitrogens with two attached hydrogens (primary N) is 1. The van der Waals surface area contributed by atoms with E-state index < -0.39 is 23.5 Å². The van der Waals surface area contributed by atoms with Crippen molar-refractivity contribution in [3.63, 3.8) is 0 Å². The SMILES string of the molecule is CC(C)NCCCn1c(Sc2cc3c(cc2-c2cc(C(F)(F)F)cc(C(F)(F)F)c2)OCO3)nc2c(N)ncnc21. The largest absolute Gasteiger partial charge is 0.454 e. The number of aromatic nitrogens is 4. The summed E-state index contributed by atoms with van der Waals surface area (Å²) in [6.45, 7) is 5.02. The normalized spacial score (nSPS) is 13.5. The fourth-order valence-corrected chi connectivity index (χ4v) is 5.36. The molecule has 0 aliphatic carbocycles. The lowest BCUT2D eigenvalue weighted by molar-refractivity contribution is -0.143. The highest BCUT2D eigenvalue weighted by atomic mass is 32.2. The molecule has 0 atom stereocenters. The molecule has 4 aromatic rings. The number of alkyl halides is 6. The molecule has 218 valence electrons. The zero-order valence-corrected chi connectivity index (χ0v) is 22.5. The minimum atomic E-state index is -5.01. The number of aryl methyl sites for hydroxylation is 1. The number of nitrogens with one attached hydrogen (secondary N) is 1. The van der Waals surface area contributed by atoms with E-state index in [1.54, 1.807) is 4.57 Å². The predicted octanol–water partition coefficient (Wildman–Crippen LogP) is 6.38. The first-order chi connectivity index (χ1) is 19.3. The van der Waals surface area contributed by atoms with Crippen LogP contribution in [-0.2, 0) is 18.9 Å². The second-order valence-corrected chi connectivity index (χ2v) is 10.5. The summed E-state index contributed by atoms with van der Waals surface area (Å²) in [6, 6.07) is 4.60. The van der Waals surface area contributed by atoms with Crippen LogP contribution in [0.4, 0.5) is 32.2 Å². The standard InChI is InChI=1S/C26H24F6N6O2S/c1-13(2)34-4-3-5-38-23-21(22(33)35-11-36-23)37-24(38)41-20-10-19-18(39-12-40-19)9-17(20)14-6-15(25(27,28)29)8-16(7-14)26(30,31)32/h6-11,13,34H,3-5,12H2,1-2H3,(H2,33,35,36). The van der Waals surface area contributed by atoms with Crippen LogP contribution in [0.1, 0.15) is 31.4 Å². The summed E-state index contributed by atoms with van der Waals surface area (Å²) < 4.78 is 94.6. The van der Waals surface area contributed by atoms with Gasteiger partial charge in [-0.25, -0.2) is 15.0 Å². The Hall–Kier alpha value is -3.72. The van der Waals surface area contributed by atoms with Crippen LogP contribution in [0.3, 0.4) is 0 Å². The molecule has 2 aromatic carbocycles. The van der Waals surface area contributed by atoms with E-state index in [4.69, 9.17) is 15.2 Å². The summed E-state index contributed by atoms with van der Waals surface area (Å²) in [6.07, 6.45) is -8.04. The summed E-state index contributed by atoms with van der Waals surface area (Å²) in [5.41, 5.74) is 3.74. The van der Waals surface area contributed by atoms with Crippen LogP contribution in [0.25, 0.3) is 22.3 Å². The van der Waals surface area contributed by atoms with Gasteiger partial charge in [0.25, 0.3) is 0 Å². The van der Waals surface area contributed by atoms with E-state index in [0.29, 0.717) is 58.6 Å². The second-order valence-electron chi connectivity index (χ2n) is 9.54. The molecule has 1 aliphatic heterocycles. The van der Waals surface area contributed by atoms with E-state index in [0.717, 1.165) is 11.8 Å². The molecule has 0 saturated heterocycles. The van der Waals surface area contributed by atoms with Gasteiger partial charge < -0.3 is 25.1 Å². The van der Waals surface area contributed by atoms with Crippen molar-refractivity contribution in [2.45, 2.75) is 55.3 Å². The first-order valence-corrected chi connectivity index (χ1v) is 13.2. The molecule has 0 spiro atoms. The zero-order chi connectivity index (χ0) is 29.5. The first kappa shape index (κ1) is 28.8. The molecule has 1 aliphatic rings. The van der Waals surface area contributed by atoms with Gasteiger partial charge in [0.15, 0.2) is 33.6 Å². The Morgan fingerprint density at radius 2 is 1.63 bits per heavy atom. The molecule has 0 bridgehead atoms. The van der Waals surface area contributed by atoms with Gasteiger partial charge in [-0.05, 0) is 54.4 Å². The smallest absolute Gasteiger partial charge is 0.416 e. The molecule has 15 heteroatoms. The molecule has 0 amide bonds. The number of nitrogen functional groups attached to an aromatic ring is 1. The maximum absolute atomic E-state index is 13.7. The molecule has 5 rings (SSSR count). The monoisotopic (exact) mass is 598 g/mol. The highest BCUT2D eigenvalue weighted by Gasteiger charge is 2.37. The average Bonchev–Trinajstić information content (AvgIpc) is 3.49. The van der Waals surface area contributed by atoms with Crippen LogP contribution in [0.2, 0.25) is 0 Å². The lowest BCUT2D eigenvalue weighted by Gasteiger charge is -2.17. The van der Waals surface area contributed by atoms with Crippen LogP contribution in [0.5, 0.6) is 11.5 Å². The van der Waals surface area contributed by atoms with Crippen LogP contribution in [-0.4, -0.2) is 38.9 Å². The van der Waals surface area contributed by atoms with E-state index in [1.807, 2.05) is 13.8 Å². The summed E-state index contributed by atoms with van der Waals surface area (Å²) in [5, 5.41) is 3.69. The van der Waals surface area contributed by atoms with E-state index in [9.17, 15) is 26.3 Å². The number of ether oxygens (including phenoxy) is 2. The number of fused-ring (bicyclic) bond motifs is 2. The molecule has 8 nitrogen and oxygen atoms in total. The summed E-state index contributed by atoms with van der Waals surface area (Å²) >= 11 is 1.04. The number of hydrogen-bond donors (Lipinski definition) is 2. The lowest BCUT2D eigenvalue weighted by Crippen LogP contribution is -2.24. The second kappa shape index (κ2) is 10.9. The molecule has 3 heterocycles. The third-order valence-electron chi connectivity index (χ3n) is 6.21. The molecule has 0 unspecified atom stereocenters. The van der Waals surface area contributed by atoms with Crippen molar-refractivity contribution in [3.05, 3.63) is 47.8 Å². The fourth-order valence-electron chi connectivity index (χ4n) is 4.28. The third-order valence-corrected chi connectivity index (χ3v) is 7.26. The van der Waals surface area contributed by atoms with Gasteiger partial charge in [0.1, 0.15) is 6.33 Å². The van der Waals surface area contributed by atoms with Gasteiger partial charge in [-0.3, -0.25) is 0 Å². The average molecular weight is 599 g/mol. The molecule has 3 N–H and O–H groups in total. The van der Waals surface area contributed by atoms with E-state index in [1.165, 1.54) is 18.5 Å². The van der Waals surface area contributed by atoms with Crippen molar-refractivity contribution in [2.75, 3.05) is 19.1 Å². The van der Waals surface area contributed by atoms with Gasteiger partial charge in [0.05, 0.1) is 11.1 Å². The summed E-state index contributed by atoms with van der Waals surface area (Å²) in [4.78, 5) is 13.2. The predicted molar refractivity (Wildman–Crippen MR) is 140 cm³/mol. The van der Waals surface area contributed by atoms with Crippen LogP contribution in [0.15, 0.2) is 46.7 Å². The first-order valence-electron chi connectivity index (χ1n) is 12.4. The molecule has 41 heavy (non-hydrogen) atoms. The molecular formula is C26H24F6N6O2S. The number of nitrogens with zero attached hydrogens (tertiary/aromatic N) is 4. The van der Waals surface area contributed by atoms with Gasteiger partial charge in [-0.2, -0.15) is 26.3 Å². The van der Waals surface area contributed by atoms with Gasteiger partial charge in [0.2, 0.25) is 6.79 Å². The minimum Gasteiger partial charge on any atom is -0.454 e. The zero-order valence-electron chi connectivity index (χ0n) is 21.7. The summed E-state index contributed by atoms with van der Waals surface area (Å²) in [5.74, 6) is 0.621. The number of benzene rings is 2. The van der Waals surface area contributed by atoms with Crippen LogP contribution in [0, 0.1) is 0 Å². The Kier molecular flexibility index (Phi) is 7.68. The lowest BCUT2D eigenvalue weighted by atomic mass is 9.98. The van der Waals surface area contributed by atoms with Crippen LogP contribution < -0.4 is 20.5 Å². The van der Waals surface area contributed by atoms with Crippen molar-refractivity contribution >= 4 is 28.7 Å². The van der Waals surface area contributed by atoms with Crippen LogP contribution >= 0.6 is 11.8 Å². The molecular weight excluding hydrogens is 574 g/mol. The van der Waals surface area contributed by atoms with E-state index in [-0.39, 0.29) is 41.6 Å². The van der Waals surface area contributed by atoms with Crippen molar-refractivity contribution in [2.24, 2.45) is 0 Å². The van der Waals surface area contributed by atoms with Gasteiger partial charge in [-0.1, -0.05) is 25.6 Å². The van der Waals surface area contributed by atoms with Gasteiger partial charge in [0, 0.05) is 17.5 Å². The maximum atomic E-state index is 13.7. The molecule has 0 fully saturated rings. The fraction of sp³-hybridized carbons (Fsp3) is 0.346. The highest BCUT2D eigenvalue weighted by Crippen LogP contribution is 2.47. The van der Waals surface area contributed by atoms with Crippen molar-refractivity contribution in [1.29, 1.82) is 0 Å². The molecule has 2 aromatic heterocycles. The topological polar surface area (TPSA) is 100 Å². The number of imidazole rings is 1.